The Balaban J connectivity index is 1.22. The quantitative estimate of drug-likeness (QED) is 0.285. The monoisotopic (exact) mass is 544 g/mol. The maximum absolute atomic E-state index is 13.7. The van der Waals surface area contributed by atoms with Gasteiger partial charge in [0.25, 0.3) is 5.56 Å². The number of aromatic nitrogens is 3. The molecule has 0 spiro atoms. The van der Waals surface area contributed by atoms with E-state index in [1.807, 2.05) is 53.2 Å². The fourth-order valence-corrected chi connectivity index (χ4v) is 5.25. The molecule has 2 aromatic heterocycles. The van der Waals surface area contributed by atoms with Gasteiger partial charge in [0, 0.05) is 48.5 Å². The molecule has 1 aliphatic heterocycles. The van der Waals surface area contributed by atoms with E-state index in [2.05, 4.69) is 10.00 Å². The van der Waals surface area contributed by atoms with Gasteiger partial charge < -0.3 is 14.0 Å². The van der Waals surface area contributed by atoms with Crippen LogP contribution in [0.2, 0.25) is 5.02 Å². The van der Waals surface area contributed by atoms with Crippen molar-refractivity contribution in [3.63, 3.8) is 0 Å². The number of fused-ring (bicyclic) bond motifs is 2. The van der Waals surface area contributed by atoms with Crippen molar-refractivity contribution >= 4 is 22.5 Å². The molecule has 0 saturated heterocycles. The first-order valence-corrected chi connectivity index (χ1v) is 13.0. The first-order valence-electron chi connectivity index (χ1n) is 12.6. The van der Waals surface area contributed by atoms with Crippen molar-refractivity contribution < 1.29 is 13.9 Å². The molecule has 7 nitrogen and oxygen atoms in total. The summed E-state index contributed by atoms with van der Waals surface area (Å²) < 4.78 is 28.4. The van der Waals surface area contributed by atoms with Crippen molar-refractivity contribution in [3.8, 4) is 17.2 Å². The highest BCUT2D eigenvalue weighted by molar-refractivity contribution is 6.32. The molecule has 0 amide bonds. The minimum absolute atomic E-state index is 0.156. The van der Waals surface area contributed by atoms with Crippen molar-refractivity contribution in [3.05, 3.63) is 117 Å². The molecule has 0 saturated carbocycles. The number of halogens is 2. The minimum Gasteiger partial charge on any atom is -0.497 e. The Morgan fingerprint density at radius 3 is 2.67 bits per heavy atom. The summed E-state index contributed by atoms with van der Waals surface area (Å²) in [6, 6.07) is 19.7. The van der Waals surface area contributed by atoms with Crippen LogP contribution < -0.4 is 15.0 Å². The van der Waals surface area contributed by atoms with Gasteiger partial charge in [0.1, 0.15) is 23.9 Å². The zero-order valence-electron chi connectivity index (χ0n) is 21.3. The molecule has 0 bridgehead atoms. The molecule has 1 aliphatic rings. The molecule has 39 heavy (non-hydrogen) atoms. The number of nitrogens with zero attached hydrogens (tertiary/aromatic N) is 4. The second kappa shape index (κ2) is 10.6. The van der Waals surface area contributed by atoms with Crippen LogP contribution in [0, 0.1) is 5.82 Å². The van der Waals surface area contributed by atoms with Gasteiger partial charge in [-0.15, -0.1) is 0 Å². The van der Waals surface area contributed by atoms with E-state index >= 15 is 0 Å². The average molecular weight is 545 g/mol. The van der Waals surface area contributed by atoms with Crippen LogP contribution in [-0.4, -0.2) is 39.5 Å². The molecule has 3 heterocycles. The fraction of sp³-hybridized carbons (Fsp3) is 0.200. The number of ether oxygens (including phenoxy) is 2. The van der Waals surface area contributed by atoms with Crippen molar-refractivity contribution in [1.82, 2.24) is 19.2 Å². The Hall–Kier alpha value is -4.14. The molecule has 0 radical (unpaired) electrons. The summed E-state index contributed by atoms with van der Waals surface area (Å²) in [4.78, 5) is 15.0. The first kappa shape index (κ1) is 25.2. The number of hydrogen-bond donors (Lipinski definition) is 0. The lowest BCUT2D eigenvalue weighted by molar-refractivity contribution is 0.219. The van der Waals surface area contributed by atoms with E-state index in [9.17, 15) is 9.18 Å². The molecule has 6 rings (SSSR count). The van der Waals surface area contributed by atoms with E-state index < -0.39 is 0 Å². The SMILES string of the molecule is COc1ccc(Cn2ncc(CN3CCOc4c(Cl)cc(-n5ccc6cc(F)ccc65)cc4C3)cc2=O)cc1. The Kier molecular flexibility index (Phi) is 6.81. The highest BCUT2D eigenvalue weighted by Crippen LogP contribution is 2.35. The van der Waals surface area contributed by atoms with E-state index in [-0.39, 0.29) is 11.4 Å². The van der Waals surface area contributed by atoms with Crippen LogP contribution in [-0.2, 0) is 19.6 Å². The number of methoxy groups -OCH3 is 1. The zero-order chi connectivity index (χ0) is 26.9. The van der Waals surface area contributed by atoms with Crippen molar-refractivity contribution in [2.45, 2.75) is 19.6 Å². The van der Waals surface area contributed by atoms with Crippen LogP contribution in [0.5, 0.6) is 11.5 Å². The van der Waals surface area contributed by atoms with Crippen LogP contribution >= 0.6 is 11.6 Å². The van der Waals surface area contributed by atoms with E-state index in [1.54, 1.807) is 25.4 Å². The number of rotatable bonds is 6. The van der Waals surface area contributed by atoms with Crippen LogP contribution in [0.1, 0.15) is 16.7 Å². The van der Waals surface area contributed by atoms with Crippen LogP contribution in [0.4, 0.5) is 4.39 Å². The van der Waals surface area contributed by atoms with Gasteiger partial charge in [0.05, 0.1) is 30.4 Å². The molecule has 0 unspecified atom stereocenters. The molecule has 0 N–H and O–H groups in total. The molecule has 0 aliphatic carbocycles. The number of benzene rings is 3. The van der Waals surface area contributed by atoms with Gasteiger partial charge >= 0.3 is 0 Å². The van der Waals surface area contributed by atoms with Crippen LogP contribution in [0.25, 0.3) is 16.6 Å². The van der Waals surface area contributed by atoms with E-state index in [0.717, 1.165) is 39.0 Å². The molecule has 3 aromatic carbocycles. The molecule has 198 valence electrons. The van der Waals surface area contributed by atoms with Gasteiger partial charge in [0.2, 0.25) is 0 Å². The third-order valence-corrected chi connectivity index (χ3v) is 7.19. The smallest absolute Gasteiger partial charge is 0.267 e. The third kappa shape index (κ3) is 5.26. The number of hydrogen-bond acceptors (Lipinski definition) is 5. The lowest BCUT2D eigenvalue weighted by Crippen LogP contribution is -2.28. The van der Waals surface area contributed by atoms with Crippen LogP contribution in [0.15, 0.2) is 83.9 Å². The van der Waals surface area contributed by atoms with Gasteiger partial charge in [-0.25, -0.2) is 9.07 Å². The Morgan fingerprint density at radius 1 is 1.03 bits per heavy atom. The van der Waals surface area contributed by atoms with Crippen molar-refractivity contribution in [2.75, 3.05) is 20.3 Å². The van der Waals surface area contributed by atoms with Crippen LogP contribution in [0.3, 0.4) is 0 Å². The lowest BCUT2D eigenvalue weighted by Gasteiger charge is -2.20. The second-order valence-corrected chi connectivity index (χ2v) is 9.98. The van der Waals surface area contributed by atoms with Gasteiger partial charge in [-0.2, -0.15) is 5.10 Å². The summed E-state index contributed by atoms with van der Waals surface area (Å²) in [6.07, 6.45) is 3.65. The molecule has 0 fully saturated rings. The van der Waals surface area contributed by atoms with Gasteiger partial charge in [-0.3, -0.25) is 9.69 Å². The van der Waals surface area contributed by atoms with Gasteiger partial charge in [-0.05, 0) is 59.7 Å². The fourth-order valence-electron chi connectivity index (χ4n) is 4.96. The first-order chi connectivity index (χ1) is 19.0. The Bertz CT molecular complexity index is 1710. The maximum Gasteiger partial charge on any atom is 0.267 e. The highest BCUT2D eigenvalue weighted by atomic mass is 35.5. The Morgan fingerprint density at radius 2 is 1.87 bits per heavy atom. The van der Waals surface area contributed by atoms with E-state index in [1.165, 1.54) is 16.8 Å². The summed E-state index contributed by atoms with van der Waals surface area (Å²) in [5.74, 6) is 1.16. The molecule has 5 aromatic rings. The predicted molar refractivity (Wildman–Crippen MR) is 148 cm³/mol. The topological polar surface area (TPSA) is 61.5 Å². The second-order valence-electron chi connectivity index (χ2n) is 9.57. The van der Waals surface area contributed by atoms with E-state index in [0.29, 0.717) is 43.6 Å². The average Bonchev–Trinajstić information content (AvgIpc) is 3.23. The summed E-state index contributed by atoms with van der Waals surface area (Å²) in [5.41, 5.74) is 4.34. The normalized spacial score (nSPS) is 13.6. The molecule has 0 atom stereocenters. The summed E-state index contributed by atoms with van der Waals surface area (Å²) in [6.45, 7) is 2.66. The minimum atomic E-state index is -0.271. The lowest BCUT2D eigenvalue weighted by atomic mass is 10.1. The summed E-state index contributed by atoms with van der Waals surface area (Å²) in [7, 11) is 1.62. The predicted octanol–water partition coefficient (Wildman–Crippen LogP) is 5.43. The van der Waals surface area contributed by atoms with Gasteiger partial charge in [0.15, 0.2) is 0 Å². The highest BCUT2D eigenvalue weighted by Gasteiger charge is 2.20. The standard InChI is InChI=1S/C30H26ClFN4O3/c1-38-26-5-2-20(3-6-26)18-36-29(37)12-21(16-33-36)17-34-10-11-39-30-23(19-34)14-25(15-27(30)31)35-9-8-22-13-24(32)4-7-28(22)35/h2-9,12-16H,10-11,17-19H2,1H3. The van der Waals surface area contributed by atoms with Crippen molar-refractivity contribution in [2.24, 2.45) is 0 Å². The molecular formula is C30H26ClFN4O3. The molecular weight excluding hydrogens is 519 g/mol. The van der Waals surface area contributed by atoms with E-state index in [4.69, 9.17) is 21.1 Å². The zero-order valence-corrected chi connectivity index (χ0v) is 22.1. The van der Waals surface area contributed by atoms with Crippen molar-refractivity contribution in [1.29, 1.82) is 0 Å². The molecule has 9 heteroatoms. The summed E-state index contributed by atoms with van der Waals surface area (Å²) >= 11 is 6.66. The van der Waals surface area contributed by atoms with Gasteiger partial charge in [-0.1, -0.05) is 23.7 Å². The maximum atomic E-state index is 13.7. The summed E-state index contributed by atoms with van der Waals surface area (Å²) in [5, 5.41) is 5.75. The third-order valence-electron chi connectivity index (χ3n) is 6.91. The Labute approximate surface area is 229 Å². The largest absolute Gasteiger partial charge is 0.497 e.